The molecule has 2 nitrogen and oxygen atoms in total. The van der Waals surface area contributed by atoms with E-state index >= 15 is 0 Å². The Kier molecular flexibility index (Phi) is 5.66. The van der Waals surface area contributed by atoms with Crippen LogP contribution in [-0.2, 0) is 6.54 Å². The SMILES string of the molecule is CCNCc1ccc(Cl)cc1-c1ccccc1OC(C)C. The molecule has 0 amide bonds. The van der Waals surface area contributed by atoms with Crippen molar-refractivity contribution < 1.29 is 4.74 Å². The van der Waals surface area contributed by atoms with Crippen LogP contribution in [-0.4, -0.2) is 12.6 Å². The van der Waals surface area contributed by atoms with Gasteiger partial charge in [-0.3, -0.25) is 0 Å². The highest BCUT2D eigenvalue weighted by molar-refractivity contribution is 6.30. The lowest BCUT2D eigenvalue weighted by molar-refractivity contribution is 0.243. The van der Waals surface area contributed by atoms with Crippen LogP contribution in [0.2, 0.25) is 5.02 Å². The third-order valence-electron chi connectivity index (χ3n) is 3.18. The molecule has 0 spiro atoms. The van der Waals surface area contributed by atoms with Crippen LogP contribution < -0.4 is 10.1 Å². The maximum absolute atomic E-state index is 6.20. The third kappa shape index (κ3) is 4.23. The lowest BCUT2D eigenvalue weighted by Gasteiger charge is -2.17. The van der Waals surface area contributed by atoms with Crippen LogP contribution in [0.15, 0.2) is 42.5 Å². The summed E-state index contributed by atoms with van der Waals surface area (Å²) in [6, 6.07) is 14.1. The molecule has 0 unspecified atom stereocenters. The summed E-state index contributed by atoms with van der Waals surface area (Å²) in [5.41, 5.74) is 3.43. The molecule has 0 aliphatic carbocycles. The minimum Gasteiger partial charge on any atom is -0.490 e. The Morgan fingerprint density at radius 1 is 1.10 bits per heavy atom. The maximum atomic E-state index is 6.20. The van der Waals surface area contributed by atoms with Gasteiger partial charge < -0.3 is 10.1 Å². The molecule has 112 valence electrons. The summed E-state index contributed by atoms with van der Waals surface area (Å²) < 4.78 is 5.94. The van der Waals surface area contributed by atoms with Gasteiger partial charge in [-0.1, -0.05) is 42.8 Å². The largest absolute Gasteiger partial charge is 0.490 e. The number of rotatable bonds is 6. The van der Waals surface area contributed by atoms with E-state index in [9.17, 15) is 0 Å². The minimum absolute atomic E-state index is 0.141. The molecule has 0 heterocycles. The highest BCUT2D eigenvalue weighted by Gasteiger charge is 2.12. The van der Waals surface area contributed by atoms with Gasteiger partial charge in [0.1, 0.15) is 5.75 Å². The molecular formula is C18H22ClNO. The second kappa shape index (κ2) is 7.48. The Balaban J connectivity index is 2.47. The van der Waals surface area contributed by atoms with Gasteiger partial charge in [-0.05, 0) is 49.7 Å². The molecule has 0 bridgehead atoms. The molecule has 0 aromatic heterocycles. The lowest BCUT2D eigenvalue weighted by Crippen LogP contribution is -2.13. The number of nitrogens with one attached hydrogen (secondary N) is 1. The van der Waals surface area contributed by atoms with Gasteiger partial charge in [0.25, 0.3) is 0 Å². The first-order chi connectivity index (χ1) is 10.1. The van der Waals surface area contributed by atoms with Crippen molar-refractivity contribution in [3.8, 4) is 16.9 Å². The summed E-state index contributed by atoms with van der Waals surface area (Å²) in [6.45, 7) is 7.93. The van der Waals surface area contributed by atoms with Gasteiger partial charge in [0.15, 0.2) is 0 Å². The molecule has 21 heavy (non-hydrogen) atoms. The quantitative estimate of drug-likeness (QED) is 0.819. The highest BCUT2D eigenvalue weighted by atomic mass is 35.5. The summed E-state index contributed by atoms with van der Waals surface area (Å²) >= 11 is 6.20. The third-order valence-corrected chi connectivity index (χ3v) is 3.41. The van der Waals surface area contributed by atoms with Crippen molar-refractivity contribution in [2.45, 2.75) is 33.4 Å². The summed E-state index contributed by atoms with van der Waals surface area (Å²) in [6.07, 6.45) is 0.141. The van der Waals surface area contributed by atoms with Crippen molar-refractivity contribution in [1.82, 2.24) is 5.32 Å². The van der Waals surface area contributed by atoms with Crippen molar-refractivity contribution in [3.63, 3.8) is 0 Å². The first-order valence-electron chi connectivity index (χ1n) is 7.37. The highest BCUT2D eigenvalue weighted by Crippen LogP contribution is 2.34. The van der Waals surface area contributed by atoms with E-state index < -0.39 is 0 Å². The smallest absolute Gasteiger partial charge is 0.127 e. The molecule has 0 atom stereocenters. The number of halogens is 1. The average molecular weight is 304 g/mol. The van der Waals surface area contributed by atoms with E-state index in [1.165, 1.54) is 5.56 Å². The molecule has 0 aliphatic rings. The van der Waals surface area contributed by atoms with Crippen LogP contribution in [0.5, 0.6) is 5.75 Å². The van der Waals surface area contributed by atoms with Crippen LogP contribution in [0.3, 0.4) is 0 Å². The van der Waals surface area contributed by atoms with E-state index in [4.69, 9.17) is 16.3 Å². The molecule has 0 saturated heterocycles. The number of hydrogen-bond acceptors (Lipinski definition) is 2. The molecule has 2 aromatic carbocycles. The van der Waals surface area contributed by atoms with Crippen molar-refractivity contribution in [2.75, 3.05) is 6.54 Å². The van der Waals surface area contributed by atoms with Gasteiger partial charge in [-0.2, -0.15) is 0 Å². The van der Waals surface area contributed by atoms with E-state index in [1.54, 1.807) is 0 Å². The normalized spacial score (nSPS) is 10.9. The Labute approximate surface area is 132 Å². The molecule has 0 aliphatic heterocycles. The topological polar surface area (TPSA) is 21.3 Å². The van der Waals surface area contributed by atoms with E-state index in [0.29, 0.717) is 0 Å². The zero-order valence-electron chi connectivity index (χ0n) is 12.8. The summed E-state index contributed by atoms with van der Waals surface area (Å²) in [5.74, 6) is 0.896. The monoisotopic (exact) mass is 303 g/mol. The van der Waals surface area contributed by atoms with Gasteiger partial charge in [0, 0.05) is 17.1 Å². The number of benzene rings is 2. The molecule has 0 fully saturated rings. The van der Waals surface area contributed by atoms with Crippen molar-refractivity contribution >= 4 is 11.6 Å². The maximum Gasteiger partial charge on any atom is 0.127 e. The second-order valence-electron chi connectivity index (χ2n) is 5.24. The fourth-order valence-electron chi connectivity index (χ4n) is 2.26. The summed E-state index contributed by atoms with van der Waals surface area (Å²) in [7, 11) is 0. The van der Waals surface area contributed by atoms with Gasteiger partial charge in [-0.15, -0.1) is 0 Å². The number of hydrogen-bond donors (Lipinski definition) is 1. The van der Waals surface area contributed by atoms with E-state index in [0.717, 1.165) is 35.0 Å². The van der Waals surface area contributed by atoms with E-state index in [2.05, 4.69) is 24.4 Å². The Bertz CT molecular complexity index is 596. The average Bonchev–Trinajstić information content (AvgIpc) is 2.46. The predicted molar refractivity (Wildman–Crippen MR) is 90.0 cm³/mol. The summed E-state index contributed by atoms with van der Waals surface area (Å²) in [4.78, 5) is 0. The van der Waals surface area contributed by atoms with Crippen LogP contribution in [0.25, 0.3) is 11.1 Å². The Morgan fingerprint density at radius 3 is 2.57 bits per heavy atom. The molecule has 3 heteroatoms. The van der Waals surface area contributed by atoms with E-state index in [-0.39, 0.29) is 6.10 Å². The van der Waals surface area contributed by atoms with Crippen LogP contribution in [0, 0.1) is 0 Å². The molecule has 2 rings (SSSR count). The number of ether oxygens (including phenoxy) is 1. The van der Waals surface area contributed by atoms with Crippen LogP contribution >= 0.6 is 11.6 Å². The first kappa shape index (κ1) is 15.9. The Morgan fingerprint density at radius 2 is 1.86 bits per heavy atom. The molecular weight excluding hydrogens is 282 g/mol. The standard InChI is InChI=1S/C18H22ClNO/c1-4-20-12-14-9-10-15(19)11-17(14)16-7-5-6-8-18(16)21-13(2)3/h5-11,13,20H,4,12H2,1-3H3. The minimum atomic E-state index is 0.141. The van der Waals surface area contributed by atoms with Gasteiger partial charge in [0.05, 0.1) is 6.10 Å². The van der Waals surface area contributed by atoms with Crippen molar-refractivity contribution in [2.24, 2.45) is 0 Å². The predicted octanol–water partition coefficient (Wildman–Crippen LogP) is 4.90. The van der Waals surface area contributed by atoms with Crippen LogP contribution in [0.4, 0.5) is 0 Å². The van der Waals surface area contributed by atoms with Crippen LogP contribution in [0.1, 0.15) is 26.3 Å². The fraction of sp³-hybridized carbons (Fsp3) is 0.333. The zero-order chi connectivity index (χ0) is 15.2. The number of para-hydroxylation sites is 1. The van der Waals surface area contributed by atoms with Crippen molar-refractivity contribution in [1.29, 1.82) is 0 Å². The Hall–Kier alpha value is -1.51. The first-order valence-corrected chi connectivity index (χ1v) is 7.74. The van der Waals surface area contributed by atoms with Gasteiger partial charge in [-0.25, -0.2) is 0 Å². The molecule has 0 saturated carbocycles. The molecule has 1 N–H and O–H groups in total. The van der Waals surface area contributed by atoms with Gasteiger partial charge in [0.2, 0.25) is 0 Å². The lowest BCUT2D eigenvalue weighted by atomic mass is 9.98. The van der Waals surface area contributed by atoms with E-state index in [1.807, 2.05) is 44.2 Å². The molecule has 2 aromatic rings. The second-order valence-corrected chi connectivity index (χ2v) is 5.68. The van der Waals surface area contributed by atoms with Gasteiger partial charge >= 0.3 is 0 Å². The fourth-order valence-corrected chi connectivity index (χ4v) is 2.43. The molecule has 0 radical (unpaired) electrons. The van der Waals surface area contributed by atoms with Crippen molar-refractivity contribution in [3.05, 3.63) is 53.1 Å². The summed E-state index contributed by atoms with van der Waals surface area (Å²) in [5, 5.41) is 4.11. The zero-order valence-corrected chi connectivity index (χ0v) is 13.6.